The Bertz CT molecular complexity index is 1150. The normalized spacial score (nSPS) is 16.1. The molecule has 2 aliphatic rings. The van der Waals surface area contributed by atoms with Crippen LogP contribution >= 0.6 is 0 Å². The smallest absolute Gasteiger partial charge is 0.418 e. The molecule has 0 aliphatic carbocycles. The molecule has 1 fully saturated rings. The molecule has 37 heavy (non-hydrogen) atoms. The van der Waals surface area contributed by atoms with Crippen LogP contribution in [0.2, 0.25) is 0 Å². The van der Waals surface area contributed by atoms with Crippen molar-refractivity contribution < 1.29 is 27.8 Å². The van der Waals surface area contributed by atoms with Crippen LogP contribution in [0.25, 0.3) is 0 Å². The predicted molar refractivity (Wildman–Crippen MR) is 133 cm³/mol. The number of aromatic hydroxyl groups is 1. The summed E-state index contributed by atoms with van der Waals surface area (Å²) < 4.78 is 47.0. The lowest BCUT2D eigenvalue weighted by atomic mass is 10.0. The minimum atomic E-state index is -4.57. The molecule has 2 aromatic rings. The average molecular weight is 521 g/mol. The van der Waals surface area contributed by atoms with Crippen LogP contribution in [0.1, 0.15) is 16.8 Å². The van der Waals surface area contributed by atoms with Gasteiger partial charge in [0.2, 0.25) is 5.91 Å². The summed E-state index contributed by atoms with van der Waals surface area (Å²) >= 11 is 0. The van der Waals surface area contributed by atoms with Gasteiger partial charge in [-0.25, -0.2) is 0 Å². The number of carbonyl (C=O) groups is 1. The Morgan fingerprint density at radius 3 is 2.54 bits per heavy atom. The topological polar surface area (TPSA) is 85.3 Å². The molecule has 0 saturated carbocycles. The number of hydrogen-bond acceptors (Lipinski definition) is 8. The molecule has 1 amide bonds. The molecule has 0 spiro atoms. The number of alkyl halides is 3. The Kier molecular flexibility index (Phi) is 7.76. The summed E-state index contributed by atoms with van der Waals surface area (Å²) in [7, 11) is 3.83. The number of ether oxygens (including phenoxy) is 1. The van der Waals surface area contributed by atoms with Crippen LogP contribution in [0, 0.1) is 0 Å². The molecular weight excluding hydrogens is 489 g/mol. The molecule has 1 aromatic heterocycles. The molecule has 3 heterocycles. The number of fused-ring (bicyclic) bond motifs is 1. The third-order valence-corrected chi connectivity index (χ3v) is 6.49. The molecule has 9 nitrogen and oxygen atoms in total. The molecule has 0 unspecified atom stereocenters. The average Bonchev–Trinajstić information content (AvgIpc) is 2.86. The van der Waals surface area contributed by atoms with Crippen molar-refractivity contribution in [2.45, 2.75) is 19.1 Å². The van der Waals surface area contributed by atoms with Crippen LogP contribution in [-0.2, 0) is 23.9 Å². The number of nitrogens with zero attached hydrogens (tertiary/aromatic N) is 6. The van der Waals surface area contributed by atoms with Crippen LogP contribution in [0.4, 0.5) is 24.7 Å². The van der Waals surface area contributed by atoms with Crippen LogP contribution < -0.4 is 14.5 Å². The van der Waals surface area contributed by atoms with Crippen molar-refractivity contribution in [3.63, 3.8) is 0 Å². The van der Waals surface area contributed by atoms with E-state index in [0.29, 0.717) is 63.8 Å². The standard InChI is InChI=1S/C25H31F3N6O3/c1-4-22(36)32-9-11-33(12-10-32)23-18-7-8-34(21-15-17(35)5-6-19(21)25(26,27)28)16-20(18)29-24(30-23)37-14-13-31(2)3/h4-6,15,35H,1,7-14,16H2,2-3H3. The second kappa shape index (κ2) is 10.8. The molecule has 200 valence electrons. The summed E-state index contributed by atoms with van der Waals surface area (Å²) in [5, 5.41) is 9.92. The summed E-state index contributed by atoms with van der Waals surface area (Å²) in [4.78, 5) is 28.6. The molecule has 1 N–H and O–H groups in total. The quantitative estimate of drug-likeness (QED) is 0.558. The second-order valence-electron chi connectivity index (χ2n) is 9.29. The maximum absolute atomic E-state index is 13.7. The highest BCUT2D eigenvalue weighted by molar-refractivity contribution is 5.87. The monoisotopic (exact) mass is 520 g/mol. The third-order valence-electron chi connectivity index (χ3n) is 6.49. The van der Waals surface area contributed by atoms with E-state index in [-0.39, 0.29) is 29.9 Å². The van der Waals surface area contributed by atoms with Gasteiger partial charge in [-0.05, 0) is 38.7 Å². The van der Waals surface area contributed by atoms with Crippen molar-refractivity contribution in [3.8, 4) is 11.8 Å². The van der Waals surface area contributed by atoms with E-state index in [1.54, 1.807) is 9.80 Å². The highest BCUT2D eigenvalue weighted by Gasteiger charge is 2.36. The first kappa shape index (κ1) is 26.5. The first-order valence-corrected chi connectivity index (χ1v) is 12.1. The lowest BCUT2D eigenvalue weighted by Gasteiger charge is -2.38. The summed E-state index contributed by atoms with van der Waals surface area (Å²) in [5.74, 6) is 0.318. The number of phenolic OH excluding ortho intramolecular Hbond substituents is 1. The van der Waals surface area contributed by atoms with Crippen molar-refractivity contribution in [2.75, 3.05) is 69.8 Å². The van der Waals surface area contributed by atoms with Gasteiger partial charge in [-0.1, -0.05) is 6.58 Å². The van der Waals surface area contributed by atoms with Crippen LogP contribution in [0.3, 0.4) is 0 Å². The molecule has 0 bridgehead atoms. The zero-order chi connectivity index (χ0) is 26.7. The molecule has 1 aromatic carbocycles. The maximum Gasteiger partial charge on any atom is 0.418 e. The van der Waals surface area contributed by atoms with E-state index < -0.39 is 11.7 Å². The van der Waals surface area contributed by atoms with E-state index in [1.807, 2.05) is 19.0 Å². The lowest BCUT2D eigenvalue weighted by molar-refractivity contribution is -0.137. The van der Waals surface area contributed by atoms with Gasteiger partial charge in [-0.3, -0.25) is 4.79 Å². The van der Waals surface area contributed by atoms with Crippen molar-refractivity contribution >= 4 is 17.4 Å². The molecule has 0 radical (unpaired) electrons. The number of likely N-dealkylation sites (N-methyl/N-ethyl adjacent to an activating group) is 1. The number of carbonyl (C=O) groups excluding carboxylic acids is 1. The van der Waals surface area contributed by atoms with Gasteiger partial charge in [-0.2, -0.15) is 23.1 Å². The maximum atomic E-state index is 13.7. The number of amides is 1. The van der Waals surface area contributed by atoms with Gasteiger partial charge in [0.1, 0.15) is 18.2 Å². The number of halogens is 3. The van der Waals surface area contributed by atoms with Gasteiger partial charge in [-0.15, -0.1) is 0 Å². The van der Waals surface area contributed by atoms with Crippen LogP contribution in [0.15, 0.2) is 30.9 Å². The minimum absolute atomic E-state index is 0.0926. The highest BCUT2D eigenvalue weighted by atomic mass is 19.4. The Hall–Kier alpha value is -3.54. The molecule has 1 saturated heterocycles. The van der Waals surface area contributed by atoms with Crippen molar-refractivity contribution in [2.24, 2.45) is 0 Å². The summed E-state index contributed by atoms with van der Waals surface area (Å²) in [6.07, 6.45) is -2.85. The number of anilines is 2. The molecule has 0 atom stereocenters. The highest BCUT2D eigenvalue weighted by Crippen LogP contribution is 2.40. The lowest BCUT2D eigenvalue weighted by Crippen LogP contribution is -2.49. The Morgan fingerprint density at radius 2 is 1.89 bits per heavy atom. The van der Waals surface area contributed by atoms with Crippen LogP contribution in [-0.4, -0.2) is 90.8 Å². The van der Waals surface area contributed by atoms with Gasteiger partial charge in [0.05, 0.1) is 23.5 Å². The van der Waals surface area contributed by atoms with E-state index in [2.05, 4.69) is 21.4 Å². The predicted octanol–water partition coefficient (Wildman–Crippen LogP) is 2.54. The fraction of sp³-hybridized carbons (Fsp3) is 0.480. The number of piperazine rings is 1. The van der Waals surface area contributed by atoms with E-state index in [0.717, 1.165) is 23.8 Å². The van der Waals surface area contributed by atoms with E-state index >= 15 is 0 Å². The van der Waals surface area contributed by atoms with Gasteiger partial charge in [0.25, 0.3) is 0 Å². The third kappa shape index (κ3) is 6.07. The summed E-state index contributed by atoms with van der Waals surface area (Å²) in [6, 6.07) is 3.23. The number of benzene rings is 1. The van der Waals surface area contributed by atoms with E-state index in [4.69, 9.17) is 4.74 Å². The summed E-state index contributed by atoms with van der Waals surface area (Å²) in [5.41, 5.74) is 0.532. The number of hydrogen-bond donors (Lipinski definition) is 1. The fourth-order valence-corrected chi connectivity index (χ4v) is 4.53. The second-order valence-corrected chi connectivity index (χ2v) is 9.29. The first-order valence-electron chi connectivity index (χ1n) is 12.1. The van der Waals surface area contributed by atoms with Gasteiger partial charge >= 0.3 is 12.2 Å². The molecule has 2 aliphatic heterocycles. The number of aromatic nitrogens is 2. The number of phenols is 1. The fourth-order valence-electron chi connectivity index (χ4n) is 4.53. The minimum Gasteiger partial charge on any atom is -0.508 e. The Labute approximate surface area is 213 Å². The largest absolute Gasteiger partial charge is 0.508 e. The zero-order valence-corrected chi connectivity index (χ0v) is 21.0. The van der Waals surface area contributed by atoms with Gasteiger partial charge < -0.3 is 29.4 Å². The van der Waals surface area contributed by atoms with Crippen molar-refractivity contribution in [3.05, 3.63) is 47.7 Å². The SMILES string of the molecule is C=CC(=O)N1CCN(c2nc(OCCN(C)C)nc3c2CCN(c2cc(O)ccc2C(F)(F)F)C3)CC1. The van der Waals surface area contributed by atoms with Gasteiger partial charge in [0, 0.05) is 50.9 Å². The van der Waals surface area contributed by atoms with Gasteiger partial charge in [0.15, 0.2) is 0 Å². The zero-order valence-electron chi connectivity index (χ0n) is 21.0. The first-order chi connectivity index (χ1) is 17.6. The van der Waals surface area contributed by atoms with Crippen molar-refractivity contribution in [1.29, 1.82) is 0 Å². The molecule has 12 heteroatoms. The molecule has 4 rings (SSSR count). The Balaban J connectivity index is 1.65. The van der Waals surface area contributed by atoms with E-state index in [1.165, 1.54) is 6.08 Å². The van der Waals surface area contributed by atoms with E-state index in [9.17, 15) is 23.1 Å². The van der Waals surface area contributed by atoms with Crippen LogP contribution in [0.5, 0.6) is 11.8 Å². The van der Waals surface area contributed by atoms with Crippen molar-refractivity contribution in [1.82, 2.24) is 19.8 Å². The Morgan fingerprint density at radius 1 is 1.16 bits per heavy atom. The molecular formula is C25H31F3N6O3. The number of rotatable bonds is 7. The summed E-state index contributed by atoms with van der Waals surface area (Å²) in [6.45, 7) is 7.05.